The smallest absolute Gasteiger partial charge is 0.417 e. The number of carbonyl (C=O) groups is 1. The van der Waals surface area contributed by atoms with Crippen LogP contribution in [0.25, 0.3) is 17.0 Å². The Morgan fingerprint density at radius 2 is 1.62 bits per heavy atom. The molecule has 2 heterocycles. The summed E-state index contributed by atoms with van der Waals surface area (Å²) in [6, 6.07) is 16.4. The molecule has 2 aromatic heterocycles. The van der Waals surface area contributed by atoms with Gasteiger partial charge in [0.15, 0.2) is 5.76 Å². The van der Waals surface area contributed by atoms with Crippen molar-refractivity contribution < 1.29 is 22.4 Å². The van der Waals surface area contributed by atoms with Gasteiger partial charge in [0.25, 0.3) is 11.5 Å². The number of hydrogen-bond acceptors (Lipinski definition) is 3. The molecule has 1 amide bonds. The number of halogens is 3. The third-order valence-corrected chi connectivity index (χ3v) is 5.12. The van der Waals surface area contributed by atoms with Gasteiger partial charge in [0.05, 0.1) is 16.9 Å². The Hall–Kier alpha value is -4.01. The van der Waals surface area contributed by atoms with Crippen molar-refractivity contribution in [3.63, 3.8) is 0 Å². The highest BCUT2D eigenvalue weighted by Gasteiger charge is 2.34. The zero-order chi connectivity index (χ0) is 23.0. The Kier molecular flexibility index (Phi) is 5.25. The second-order valence-electron chi connectivity index (χ2n) is 7.10. The minimum Gasteiger partial charge on any atom is -0.451 e. The number of carbonyl (C=O) groups excluding carboxylic acids is 1. The normalized spacial score (nSPS) is 11.5. The Balaban J connectivity index is 1.66. The number of aromatic nitrogens is 2. The van der Waals surface area contributed by atoms with Gasteiger partial charge in [-0.15, -0.1) is 0 Å². The molecule has 0 aliphatic carbocycles. The van der Waals surface area contributed by atoms with Crippen LogP contribution in [0.5, 0.6) is 0 Å². The van der Waals surface area contributed by atoms with Gasteiger partial charge in [-0.05, 0) is 37.3 Å². The summed E-state index contributed by atoms with van der Waals surface area (Å²) in [4.78, 5) is 25.6. The first kappa shape index (κ1) is 21.2. The van der Waals surface area contributed by atoms with Crippen LogP contribution in [-0.4, -0.2) is 15.3 Å². The first-order valence-electron chi connectivity index (χ1n) is 9.60. The van der Waals surface area contributed by atoms with Gasteiger partial charge in [0, 0.05) is 12.6 Å². The number of amides is 1. The van der Waals surface area contributed by atoms with Gasteiger partial charge in [-0.1, -0.05) is 36.4 Å². The van der Waals surface area contributed by atoms with E-state index in [1.54, 1.807) is 42.9 Å². The molecule has 0 radical (unpaired) electrons. The minimum absolute atomic E-state index is 0.0509. The largest absolute Gasteiger partial charge is 0.451 e. The van der Waals surface area contributed by atoms with E-state index < -0.39 is 23.2 Å². The zero-order valence-corrected chi connectivity index (χ0v) is 17.1. The zero-order valence-electron chi connectivity index (χ0n) is 17.1. The summed E-state index contributed by atoms with van der Waals surface area (Å²) >= 11 is 0. The van der Waals surface area contributed by atoms with Crippen LogP contribution < -0.4 is 10.9 Å². The second kappa shape index (κ2) is 7.92. The van der Waals surface area contributed by atoms with E-state index >= 15 is 0 Å². The first-order chi connectivity index (χ1) is 15.2. The van der Waals surface area contributed by atoms with Crippen LogP contribution in [0.1, 0.15) is 21.8 Å². The van der Waals surface area contributed by atoms with Crippen LogP contribution in [0.2, 0.25) is 0 Å². The number of alkyl halides is 3. The van der Waals surface area contributed by atoms with Crippen molar-refractivity contribution in [2.75, 3.05) is 5.32 Å². The topological polar surface area (TPSA) is 69.2 Å². The monoisotopic (exact) mass is 441 g/mol. The molecular formula is C23H18F3N3O3. The number of benzene rings is 2. The quantitative estimate of drug-likeness (QED) is 0.484. The lowest BCUT2D eigenvalue weighted by atomic mass is 10.1. The third-order valence-electron chi connectivity index (χ3n) is 5.12. The van der Waals surface area contributed by atoms with Crippen LogP contribution in [0.3, 0.4) is 0 Å². The van der Waals surface area contributed by atoms with Gasteiger partial charge >= 0.3 is 6.18 Å². The van der Waals surface area contributed by atoms with Gasteiger partial charge in [-0.2, -0.15) is 13.2 Å². The van der Waals surface area contributed by atoms with Gasteiger partial charge in [0.1, 0.15) is 11.4 Å². The van der Waals surface area contributed by atoms with Crippen LogP contribution in [0.4, 0.5) is 18.9 Å². The molecule has 0 saturated heterocycles. The fraction of sp³-hybridized carbons (Fsp3) is 0.130. The SMILES string of the molecule is Cc1c(NC(=O)c2ccc(-c3ccccc3C(F)(F)F)o2)c(=O)n(-c2ccccc2)n1C. The van der Waals surface area contributed by atoms with E-state index in [-0.39, 0.29) is 22.8 Å². The molecule has 0 saturated carbocycles. The number of para-hydroxylation sites is 1. The molecule has 0 atom stereocenters. The molecule has 1 N–H and O–H groups in total. The van der Waals surface area contributed by atoms with Crippen LogP contribution in [0, 0.1) is 6.92 Å². The second-order valence-corrected chi connectivity index (χ2v) is 7.10. The number of furan rings is 1. The maximum Gasteiger partial charge on any atom is 0.417 e. The van der Waals surface area contributed by atoms with E-state index in [9.17, 15) is 22.8 Å². The molecular weight excluding hydrogens is 423 g/mol. The third kappa shape index (κ3) is 3.73. The van der Waals surface area contributed by atoms with Crippen molar-refractivity contribution in [1.82, 2.24) is 9.36 Å². The summed E-state index contributed by atoms with van der Waals surface area (Å²) in [5, 5.41) is 2.53. The fourth-order valence-corrected chi connectivity index (χ4v) is 3.44. The van der Waals surface area contributed by atoms with Gasteiger partial charge < -0.3 is 9.73 Å². The highest BCUT2D eigenvalue weighted by atomic mass is 19.4. The van der Waals surface area contributed by atoms with Crippen LogP contribution >= 0.6 is 0 Å². The van der Waals surface area contributed by atoms with Crippen molar-refractivity contribution >= 4 is 11.6 Å². The Morgan fingerprint density at radius 1 is 0.969 bits per heavy atom. The van der Waals surface area contributed by atoms with Gasteiger partial charge in [-0.25, -0.2) is 4.68 Å². The lowest BCUT2D eigenvalue weighted by Crippen LogP contribution is -2.22. The molecule has 0 spiro atoms. The molecule has 9 heteroatoms. The molecule has 4 rings (SSSR count). The van der Waals surface area contributed by atoms with E-state index in [0.717, 1.165) is 6.07 Å². The number of rotatable bonds is 4. The number of anilines is 1. The maximum absolute atomic E-state index is 13.3. The van der Waals surface area contributed by atoms with Crippen molar-refractivity contribution in [2.24, 2.45) is 7.05 Å². The highest BCUT2D eigenvalue weighted by Crippen LogP contribution is 2.37. The molecule has 0 aliphatic rings. The van der Waals surface area contributed by atoms with E-state index in [1.807, 2.05) is 6.07 Å². The molecule has 0 fully saturated rings. The van der Waals surface area contributed by atoms with E-state index in [1.165, 1.54) is 35.0 Å². The van der Waals surface area contributed by atoms with Crippen molar-refractivity contribution in [3.8, 4) is 17.0 Å². The minimum atomic E-state index is -4.57. The van der Waals surface area contributed by atoms with E-state index in [4.69, 9.17) is 4.42 Å². The van der Waals surface area contributed by atoms with Crippen molar-refractivity contribution in [3.05, 3.63) is 94.1 Å². The lowest BCUT2D eigenvalue weighted by Gasteiger charge is -2.10. The van der Waals surface area contributed by atoms with Crippen LogP contribution in [-0.2, 0) is 13.2 Å². The van der Waals surface area contributed by atoms with E-state index in [0.29, 0.717) is 11.4 Å². The van der Waals surface area contributed by atoms with Crippen molar-refractivity contribution in [1.29, 1.82) is 0 Å². The fourth-order valence-electron chi connectivity index (χ4n) is 3.44. The average Bonchev–Trinajstić information content (AvgIpc) is 3.34. The Bertz CT molecular complexity index is 1350. The molecule has 32 heavy (non-hydrogen) atoms. The summed E-state index contributed by atoms with van der Waals surface area (Å²) in [6.45, 7) is 1.67. The molecule has 4 aromatic rings. The molecule has 0 unspecified atom stereocenters. The molecule has 0 bridgehead atoms. The predicted octanol–water partition coefficient (Wildman–Crippen LogP) is 5.02. The van der Waals surface area contributed by atoms with E-state index in [2.05, 4.69) is 5.32 Å². The number of nitrogens with one attached hydrogen (secondary N) is 1. The van der Waals surface area contributed by atoms with Gasteiger partial charge in [0.2, 0.25) is 0 Å². The summed E-state index contributed by atoms with van der Waals surface area (Å²) in [5.41, 5.74) is -0.324. The Labute approximate surface area is 180 Å². The van der Waals surface area contributed by atoms with Gasteiger partial charge in [-0.3, -0.25) is 14.3 Å². The molecule has 2 aromatic carbocycles. The lowest BCUT2D eigenvalue weighted by molar-refractivity contribution is -0.137. The average molecular weight is 441 g/mol. The summed E-state index contributed by atoms with van der Waals surface area (Å²) < 4.78 is 48.3. The Morgan fingerprint density at radius 3 is 2.31 bits per heavy atom. The summed E-state index contributed by atoms with van der Waals surface area (Å²) in [7, 11) is 1.68. The molecule has 6 nitrogen and oxygen atoms in total. The predicted molar refractivity (Wildman–Crippen MR) is 113 cm³/mol. The number of nitrogens with zero attached hydrogens (tertiary/aromatic N) is 2. The summed E-state index contributed by atoms with van der Waals surface area (Å²) in [6.07, 6.45) is -4.57. The number of hydrogen-bond donors (Lipinski definition) is 1. The standard InChI is InChI=1S/C23H18F3N3O3/c1-14-20(22(31)29(28(14)2)15-8-4-3-5-9-15)27-21(30)19-13-12-18(32-19)16-10-6-7-11-17(16)23(24,25)26/h3-13H,1-2H3,(H,27,30). The molecule has 164 valence electrons. The van der Waals surface area contributed by atoms with Crippen LogP contribution in [0.15, 0.2) is 75.9 Å². The molecule has 0 aliphatic heterocycles. The maximum atomic E-state index is 13.3. The highest BCUT2D eigenvalue weighted by molar-refractivity contribution is 6.02. The first-order valence-corrected chi connectivity index (χ1v) is 9.60. The summed E-state index contributed by atoms with van der Waals surface area (Å²) in [5.74, 6) is -1.06. The van der Waals surface area contributed by atoms with Crippen molar-refractivity contribution in [2.45, 2.75) is 13.1 Å².